The van der Waals surface area contributed by atoms with Crippen molar-refractivity contribution in [3.05, 3.63) is 52.4 Å². The molecule has 2 aliphatic rings. The van der Waals surface area contributed by atoms with Crippen LogP contribution in [0.2, 0.25) is 5.02 Å². The van der Waals surface area contributed by atoms with Gasteiger partial charge in [0.25, 0.3) is 0 Å². The molecule has 236 valence electrons. The maximum Gasteiger partial charge on any atom is 0.417 e. The van der Waals surface area contributed by atoms with Gasteiger partial charge in [0.05, 0.1) is 52.3 Å². The van der Waals surface area contributed by atoms with Crippen molar-refractivity contribution >= 4 is 45.3 Å². The van der Waals surface area contributed by atoms with Gasteiger partial charge in [-0.1, -0.05) is 29.8 Å². The number of aryl methyl sites for hydroxylation is 1. The SMILES string of the molecule is Cc1cccc(-c2c(Cl)cc3c(nc(N4CC(N(C)C)C4)c4cnn([C@H]5CCN(C(=O)O)[C@H](CC#N)C5)c43)c2F)c1C(F)(F)F. The number of piperidine rings is 1. The lowest BCUT2D eigenvalue weighted by atomic mass is 9.93. The molecule has 0 radical (unpaired) electrons. The number of aromatic nitrogens is 3. The summed E-state index contributed by atoms with van der Waals surface area (Å²) in [5.41, 5.74) is -1.43. The van der Waals surface area contributed by atoms with E-state index >= 15 is 4.39 Å². The molecule has 1 amide bonds. The summed E-state index contributed by atoms with van der Waals surface area (Å²) in [7, 11) is 3.91. The Morgan fingerprint density at radius 2 is 1.98 bits per heavy atom. The van der Waals surface area contributed by atoms with Gasteiger partial charge in [-0.3, -0.25) is 4.68 Å². The second-order valence-corrected chi connectivity index (χ2v) is 12.3. The van der Waals surface area contributed by atoms with Crippen LogP contribution in [0.4, 0.5) is 28.2 Å². The molecule has 0 unspecified atom stereocenters. The molecule has 2 aromatic carbocycles. The summed E-state index contributed by atoms with van der Waals surface area (Å²) in [4.78, 5) is 21.8. The van der Waals surface area contributed by atoms with Gasteiger partial charge in [0, 0.05) is 36.6 Å². The maximum atomic E-state index is 16.7. The Hall–Kier alpha value is -4.15. The molecule has 4 aromatic rings. The highest BCUT2D eigenvalue weighted by atomic mass is 35.5. The van der Waals surface area contributed by atoms with Crippen molar-refractivity contribution in [2.75, 3.05) is 38.6 Å². The first-order valence-corrected chi connectivity index (χ1v) is 14.8. The highest BCUT2D eigenvalue weighted by Gasteiger charge is 2.38. The molecule has 0 saturated carbocycles. The van der Waals surface area contributed by atoms with Crippen LogP contribution in [0.5, 0.6) is 0 Å². The molecule has 1 N–H and O–H groups in total. The Kier molecular flexibility index (Phi) is 7.77. The van der Waals surface area contributed by atoms with E-state index in [0.717, 1.165) is 0 Å². The average Bonchev–Trinajstić information content (AvgIpc) is 3.38. The minimum absolute atomic E-state index is 0.00287. The van der Waals surface area contributed by atoms with Crippen LogP contribution in [0.15, 0.2) is 30.5 Å². The van der Waals surface area contributed by atoms with Crippen LogP contribution in [-0.2, 0) is 6.18 Å². The first kappa shape index (κ1) is 30.9. The standard InChI is InChI=1S/C31H30ClF4N7O2/c1-16-5-4-6-20(25(16)31(34,35)36)24-23(32)12-21-27(26(24)33)39-29(41-14-19(15-41)40(2)3)22-13-38-43(28(21)22)18-8-10-42(30(44)45)17(11-18)7-9-37/h4-6,12-13,17-19H,7-8,10-11,14-15H2,1-3H3,(H,44,45)/t17-,18+/m1/s1. The van der Waals surface area contributed by atoms with E-state index in [9.17, 15) is 28.3 Å². The summed E-state index contributed by atoms with van der Waals surface area (Å²) >= 11 is 6.65. The zero-order valence-corrected chi connectivity index (χ0v) is 25.5. The van der Waals surface area contributed by atoms with Crippen LogP contribution >= 0.6 is 11.6 Å². The van der Waals surface area contributed by atoms with Gasteiger partial charge in [0.2, 0.25) is 0 Å². The number of fused-ring (bicyclic) bond motifs is 3. The molecule has 0 spiro atoms. The number of likely N-dealkylation sites (tertiary alicyclic amines) is 1. The molecule has 2 saturated heterocycles. The largest absolute Gasteiger partial charge is 0.465 e. The molecule has 2 aliphatic heterocycles. The summed E-state index contributed by atoms with van der Waals surface area (Å²) in [6.07, 6.45) is -3.55. The van der Waals surface area contributed by atoms with E-state index < -0.39 is 29.7 Å². The quantitative estimate of drug-likeness (QED) is 0.241. The fourth-order valence-electron chi connectivity index (χ4n) is 6.63. The van der Waals surface area contributed by atoms with Crippen LogP contribution in [0.25, 0.3) is 32.9 Å². The Bertz CT molecular complexity index is 1860. The normalized spacial score (nSPS) is 19.4. The van der Waals surface area contributed by atoms with E-state index in [1.807, 2.05) is 19.0 Å². The number of pyridine rings is 1. The average molecular weight is 644 g/mol. The molecular weight excluding hydrogens is 614 g/mol. The highest BCUT2D eigenvalue weighted by molar-refractivity contribution is 6.35. The zero-order valence-electron chi connectivity index (χ0n) is 24.7. The highest BCUT2D eigenvalue weighted by Crippen LogP contribution is 2.46. The molecule has 2 fully saturated rings. The van der Waals surface area contributed by atoms with Crippen LogP contribution in [0, 0.1) is 24.1 Å². The molecule has 2 aromatic heterocycles. The third-order valence-corrected chi connectivity index (χ3v) is 9.32. The number of alkyl halides is 3. The second kappa shape index (κ2) is 11.3. The molecule has 0 aliphatic carbocycles. The minimum atomic E-state index is -4.75. The molecular formula is C31H30ClF4N7O2. The monoisotopic (exact) mass is 643 g/mol. The predicted molar refractivity (Wildman–Crippen MR) is 162 cm³/mol. The molecule has 0 bridgehead atoms. The number of hydrogen-bond acceptors (Lipinski definition) is 6. The number of carbonyl (C=O) groups is 1. The van der Waals surface area contributed by atoms with Crippen LogP contribution in [0.1, 0.15) is 36.4 Å². The lowest BCUT2D eigenvalue weighted by molar-refractivity contribution is -0.137. The summed E-state index contributed by atoms with van der Waals surface area (Å²) in [5, 5.41) is 24.4. The number of rotatable bonds is 5. The van der Waals surface area contributed by atoms with Crippen molar-refractivity contribution < 1.29 is 27.5 Å². The van der Waals surface area contributed by atoms with Gasteiger partial charge in [-0.25, -0.2) is 14.2 Å². The second-order valence-electron chi connectivity index (χ2n) is 11.9. The summed E-state index contributed by atoms with van der Waals surface area (Å²) in [5.74, 6) is -0.525. The molecule has 2 atom stereocenters. The predicted octanol–water partition coefficient (Wildman–Crippen LogP) is 6.72. The Morgan fingerprint density at radius 3 is 2.62 bits per heavy atom. The minimum Gasteiger partial charge on any atom is -0.465 e. The number of likely N-dealkylation sites (N-methyl/N-ethyl adjacent to an activating group) is 1. The Labute approximate surface area is 261 Å². The van der Waals surface area contributed by atoms with Crippen LogP contribution in [0.3, 0.4) is 0 Å². The molecule has 45 heavy (non-hydrogen) atoms. The number of benzene rings is 2. The zero-order chi connectivity index (χ0) is 32.4. The topological polar surface area (TPSA) is 102 Å². The van der Waals surface area contributed by atoms with E-state index in [0.29, 0.717) is 42.7 Å². The molecule has 4 heterocycles. The van der Waals surface area contributed by atoms with E-state index in [1.165, 1.54) is 36.1 Å². The third-order valence-electron chi connectivity index (χ3n) is 9.03. The first-order valence-electron chi connectivity index (χ1n) is 14.5. The number of carboxylic acid groups (broad SMARTS) is 1. The number of hydrogen-bond donors (Lipinski definition) is 1. The lowest BCUT2D eigenvalue weighted by Gasteiger charge is -2.43. The fourth-order valence-corrected chi connectivity index (χ4v) is 6.93. The van der Waals surface area contributed by atoms with Crippen molar-refractivity contribution in [3.63, 3.8) is 0 Å². The van der Waals surface area contributed by atoms with Crippen molar-refractivity contribution in [2.45, 2.75) is 50.5 Å². The number of amides is 1. The van der Waals surface area contributed by atoms with Gasteiger partial charge in [-0.2, -0.15) is 23.5 Å². The summed E-state index contributed by atoms with van der Waals surface area (Å²) < 4.78 is 61.1. The lowest BCUT2D eigenvalue weighted by Crippen LogP contribution is -2.57. The van der Waals surface area contributed by atoms with Crippen LogP contribution < -0.4 is 4.90 Å². The third kappa shape index (κ3) is 5.19. The number of anilines is 1. The maximum absolute atomic E-state index is 16.7. The van der Waals surface area contributed by atoms with Gasteiger partial charge in [0.1, 0.15) is 11.3 Å². The van der Waals surface area contributed by atoms with Gasteiger partial charge < -0.3 is 19.8 Å². The number of halogens is 5. The fraction of sp³-hybridized carbons (Fsp3) is 0.419. The van der Waals surface area contributed by atoms with Gasteiger partial charge in [-0.05, 0) is 51.1 Å². The van der Waals surface area contributed by atoms with Crippen molar-refractivity contribution in [1.29, 1.82) is 5.26 Å². The Morgan fingerprint density at radius 1 is 1.24 bits per heavy atom. The molecule has 9 nitrogen and oxygen atoms in total. The Balaban J connectivity index is 1.58. The van der Waals surface area contributed by atoms with Crippen molar-refractivity contribution in [2.24, 2.45) is 0 Å². The van der Waals surface area contributed by atoms with E-state index in [1.54, 1.807) is 10.9 Å². The number of nitriles is 1. The van der Waals surface area contributed by atoms with E-state index in [-0.39, 0.29) is 57.7 Å². The van der Waals surface area contributed by atoms with E-state index in [2.05, 4.69) is 16.1 Å². The molecule has 14 heteroatoms. The van der Waals surface area contributed by atoms with Gasteiger partial charge in [-0.15, -0.1) is 0 Å². The first-order chi connectivity index (χ1) is 21.3. The summed E-state index contributed by atoms with van der Waals surface area (Å²) in [6.45, 7) is 2.70. The molecule has 6 rings (SSSR count). The van der Waals surface area contributed by atoms with Crippen LogP contribution in [-0.4, -0.2) is 81.6 Å². The van der Waals surface area contributed by atoms with Gasteiger partial charge in [0.15, 0.2) is 5.82 Å². The van der Waals surface area contributed by atoms with Crippen molar-refractivity contribution in [3.8, 4) is 17.2 Å². The van der Waals surface area contributed by atoms with Gasteiger partial charge >= 0.3 is 12.3 Å². The smallest absolute Gasteiger partial charge is 0.417 e. The van der Waals surface area contributed by atoms with Crippen molar-refractivity contribution in [1.82, 2.24) is 24.6 Å². The summed E-state index contributed by atoms with van der Waals surface area (Å²) in [6, 6.07) is 6.78. The van der Waals surface area contributed by atoms with E-state index in [4.69, 9.17) is 16.6 Å². The number of nitrogens with zero attached hydrogens (tertiary/aromatic N) is 7.